The fourth-order valence-corrected chi connectivity index (χ4v) is 3.98. The highest BCUT2D eigenvalue weighted by Crippen LogP contribution is 2.44. The number of hydrogen-bond acceptors (Lipinski definition) is 5. The third-order valence-corrected chi connectivity index (χ3v) is 5.26. The number of ketones is 1. The van der Waals surface area contributed by atoms with Gasteiger partial charge in [0.2, 0.25) is 5.95 Å². The van der Waals surface area contributed by atoms with Crippen LogP contribution in [0, 0.1) is 5.92 Å². The number of benzene rings is 1. The minimum absolute atomic E-state index is 0.0726. The molecule has 0 spiro atoms. The molecule has 3 heterocycles. The van der Waals surface area contributed by atoms with Crippen LogP contribution in [0.1, 0.15) is 29.7 Å². The fraction of sp³-hybridized carbons (Fsp3) is 0.211. The molecule has 0 amide bonds. The molecule has 1 aliphatic carbocycles. The summed E-state index contributed by atoms with van der Waals surface area (Å²) in [5.41, 5.74) is 1.83. The Morgan fingerprint density at radius 2 is 2.08 bits per heavy atom. The topological polar surface area (TPSA) is 73.0 Å². The normalized spacial score (nSPS) is 24.4. The van der Waals surface area contributed by atoms with E-state index in [2.05, 4.69) is 21.5 Å². The number of allylic oxidation sites excluding steroid dienone is 2. The molecule has 0 fully saturated rings. The highest BCUT2D eigenvalue weighted by Gasteiger charge is 2.43. The third kappa shape index (κ3) is 2.37. The number of carbonyl (C=O) groups is 1. The zero-order valence-electron chi connectivity index (χ0n) is 13.7. The van der Waals surface area contributed by atoms with Gasteiger partial charge in [-0.3, -0.25) is 4.79 Å². The first-order valence-corrected chi connectivity index (χ1v) is 8.78. The Balaban J connectivity index is 1.63. The highest BCUT2D eigenvalue weighted by molar-refractivity contribution is 6.30. The van der Waals surface area contributed by atoms with Crippen LogP contribution in [0.2, 0.25) is 5.02 Å². The lowest BCUT2D eigenvalue weighted by Gasteiger charge is -2.37. The molecule has 6 nitrogen and oxygen atoms in total. The van der Waals surface area contributed by atoms with Crippen LogP contribution in [0.4, 0.5) is 5.95 Å². The molecule has 1 aromatic carbocycles. The van der Waals surface area contributed by atoms with E-state index in [4.69, 9.17) is 16.0 Å². The van der Waals surface area contributed by atoms with Crippen molar-refractivity contribution in [3.8, 4) is 0 Å². The Kier molecular flexibility index (Phi) is 3.46. The van der Waals surface area contributed by atoms with E-state index in [1.807, 2.05) is 36.4 Å². The summed E-state index contributed by atoms with van der Waals surface area (Å²) in [7, 11) is 0. The smallest absolute Gasteiger partial charge is 0.226 e. The molecule has 0 radical (unpaired) electrons. The fourth-order valence-electron chi connectivity index (χ4n) is 3.85. The van der Waals surface area contributed by atoms with Gasteiger partial charge >= 0.3 is 0 Å². The molecule has 2 aliphatic rings. The van der Waals surface area contributed by atoms with Crippen molar-refractivity contribution in [2.75, 3.05) is 5.32 Å². The Hall–Kier alpha value is -2.86. The van der Waals surface area contributed by atoms with Crippen molar-refractivity contribution in [2.45, 2.75) is 18.4 Å². The van der Waals surface area contributed by atoms with Gasteiger partial charge in [0.15, 0.2) is 0 Å². The molecule has 0 bridgehead atoms. The van der Waals surface area contributed by atoms with E-state index in [9.17, 15) is 4.79 Å². The van der Waals surface area contributed by atoms with Crippen LogP contribution in [0.25, 0.3) is 0 Å². The largest absolute Gasteiger partial charge is 0.469 e. The van der Waals surface area contributed by atoms with Gasteiger partial charge in [0.1, 0.15) is 17.9 Å². The molecule has 5 rings (SSSR count). The zero-order valence-corrected chi connectivity index (χ0v) is 14.4. The van der Waals surface area contributed by atoms with Gasteiger partial charge in [-0.25, -0.2) is 4.68 Å². The van der Waals surface area contributed by atoms with Crippen LogP contribution < -0.4 is 5.32 Å². The van der Waals surface area contributed by atoms with E-state index in [0.29, 0.717) is 17.4 Å². The predicted octanol–water partition coefficient (Wildman–Crippen LogP) is 3.80. The summed E-state index contributed by atoms with van der Waals surface area (Å²) < 4.78 is 7.28. The molecular weight excluding hydrogens is 352 g/mol. The van der Waals surface area contributed by atoms with Gasteiger partial charge in [0, 0.05) is 23.1 Å². The van der Waals surface area contributed by atoms with Gasteiger partial charge < -0.3 is 9.73 Å². The van der Waals surface area contributed by atoms with E-state index >= 15 is 0 Å². The van der Waals surface area contributed by atoms with Crippen molar-refractivity contribution in [3.05, 3.63) is 77.1 Å². The average molecular weight is 367 g/mol. The standard InChI is InChI=1S/C19H15ClN4O2/c20-13-5-3-11(4-6-13)18-17-14(23-19-21-10-22-24(18)19)8-12(9-15(17)25)16-2-1-7-26-16/h1-8,10,12,17-18H,9H2,(H,21,22,23)/t12-,17-,18-/m0/s1. The summed E-state index contributed by atoms with van der Waals surface area (Å²) in [6.07, 6.45) is 5.60. The molecule has 0 unspecified atom stereocenters. The first-order valence-electron chi connectivity index (χ1n) is 8.40. The van der Waals surface area contributed by atoms with E-state index in [1.54, 1.807) is 10.9 Å². The molecule has 1 aliphatic heterocycles. The zero-order chi connectivity index (χ0) is 17.7. The maximum absolute atomic E-state index is 13.1. The molecule has 7 heteroatoms. The predicted molar refractivity (Wildman–Crippen MR) is 95.9 cm³/mol. The van der Waals surface area contributed by atoms with Gasteiger partial charge in [-0.05, 0) is 29.8 Å². The van der Waals surface area contributed by atoms with Crippen molar-refractivity contribution in [1.29, 1.82) is 0 Å². The van der Waals surface area contributed by atoms with Crippen LogP contribution in [-0.2, 0) is 4.79 Å². The lowest BCUT2D eigenvalue weighted by Crippen LogP contribution is -2.40. The molecule has 130 valence electrons. The first kappa shape index (κ1) is 15.4. The maximum Gasteiger partial charge on any atom is 0.226 e. The maximum atomic E-state index is 13.1. The Morgan fingerprint density at radius 1 is 1.23 bits per heavy atom. The number of hydrogen-bond donors (Lipinski definition) is 1. The Bertz CT molecular complexity index is 991. The van der Waals surface area contributed by atoms with Crippen molar-refractivity contribution >= 4 is 23.3 Å². The summed E-state index contributed by atoms with van der Waals surface area (Å²) >= 11 is 6.04. The number of Topliss-reactive ketones (excluding diaryl/α,β-unsaturated/α-hetero) is 1. The lowest BCUT2D eigenvalue weighted by molar-refractivity contribution is -0.123. The number of fused-ring (bicyclic) bond motifs is 2. The van der Waals surface area contributed by atoms with E-state index in [0.717, 1.165) is 17.0 Å². The summed E-state index contributed by atoms with van der Waals surface area (Å²) in [5, 5.41) is 8.28. The highest BCUT2D eigenvalue weighted by atomic mass is 35.5. The first-order chi connectivity index (χ1) is 12.7. The number of furan rings is 1. The molecule has 26 heavy (non-hydrogen) atoms. The van der Waals surface area contributed by atoms with Gasteiger partial charge in [-0.2, -0.15) is 10.1 Å². The molecule has 0 saturated heterocycles. The molecule has 2 aromatic heterocycles. The van der Waals surface area contributed by atoms with Gasteiger partial charge in [0.25, 0.3) is 0 Å². The van der Waals surface area contributed by atoms with Gasteiger partial charge in [-0.15, -0.1) is 0 Å². The van der Waals surface area contributed by atoms with E-state index in [-0.39, 0.29) is 23.7 Å². The number of aromatic nitrogens is 3. The van der Waals surface area contributed by atoms with Crippen molar-refractivity contribution < 1.29 is 9.21 Å². The Labute approximate surface area is 154 Å². The quantitative estimate of drug-likeness (QED) is 0.746. The minimum atomic E-state index is -0.336. The SMILES string of the molecule is O=C1C[C@@H](c2ccco2)C=C2Nc3ncnn3[C@@H](c3ccc(Cl)cc3)[C@H]12. The second-order valence-corrected chi connectivity index (χ2v) is 6.98. The second kappa shape index (κ2) is 5.85. The van der Waals surface area contributed by atoms with Crippen LogP contribution in [-0.4, -0.2) is 20.5 Å². The van der Waals surface area contributed by atoms with Crippen LogP contribution in [0.5, 0.6) is 0 Å². The minimum Gasteiger partial charge on any atom is -0.469 e. The van der Waals surface area contributed by atoms with Crippen LogP contribution >= 0.6 is 11.6 Å². The molecule has 1 N–H and O–H groups in total. The van der Waals surface area contributed by atoms with Gasteiger partial charge in [0.05, 0.1) is 18.2 Å². The second-order valence-electron chi connectivity index (χ2n) is 6.54. The number of rotatable bonds is 2. The van der Waals surface area contributed by atoms with Crippen molar-refractivity contribution in [2.24, 2.45) is 5.92 Å². The van der Waals surface area contributed by atoms with Crippen LogP contribution in [0.3, 0.4) is 0 Å². The number of nitrogens with zero attached hydrogens (tertiary/aromatic N) is 3. The Morgan fingerprint density at radius 3 is 2.85 bits per heavy atom. The van der Waals surface area contributed by atoms with Crippen LogP contribution in [0.15, 0.2) is 65.2 Å². The van der Waals surface area contributed by atoms with E-state index in [1.165, 1.54) is 6.33 Å². The summed E-state index contributed by atoms with van der Waals surface area (Å²) in [6, 6.07) is 11.0. The third-order valence-electron chi connectivity index (χ3n) is 5.01. The van der Waals surface area contributed by atoms with Gasteiger partial charge in [-0.1, -0.05) is 29.8 Å². The molecule has 3 atom stereocenters. The lowest BCUT2D eigenvalue weighted by atomic mass is 9.77. The van der Waals surface area contributed by atoms with Crippen molar-refractivity contribution in [1.82, 2.24) is 14.8 Å². The summed E-state index contributed by atoms with van der Waals surface area (Å²) in [4.78, 5) is 17.4. The summed E-state index contributed by atoms with van der Waals surface area (Å²) in [5.74, 6) is 1.16. The number of carbonyl (C=O) groups excluding carboxylic acids is 1. The summed E-state index contributed by atoms with van der Waals surface area (Å²) in [6.45, 7) is 0. The molecule has 0 saturated carbocycles. The number of halogens is 1. The van der Waals surface area contributed by atoms with Crippen molar-refractivity contribution in [3.63, 3.8) is 0 Å². The molecule has 3 aromatic rings. The number of anilines is 1. The number of nitrogens with one attached hydrogen (secondary N) is 1. The van der Waals surface area contributed by atoms with E-state index < -0.39 is 0 Å². The average Bonchev–Trinajstić information content (AvgIpc) is 3.32. The molecular formula is C19H15ClN4O2. The monoisotopic (exact) mass is 366 g/mol.